The first-order chi connectivity index (χ1) is 8.70. The fourth-order valence-electron chi connectivity index (χ4n) is 1.30. The van der Waals surface area contributed by atoms with Gasteiger partial charge in [0.25, 0.3) is 0 Å². The van der Waals surface area contributed by atoms with Crippen LogP contribution in [0.4, 0.5) is 0 Å². The summed E-state index contributed by atoms with van der Waals surface area (Å²) in [4.78, 5) is 9.00. The summed E-state index contributed by atoms with van der Waals surface area (Å²) in [5.74, 6) is 0.0580. The molecule has 92 valence electrons. The third-order valence-corrected chi connectivity index (χ3v) is 3.57. The van der Waals surface area contributed by atoms with E-state index < -0.39 is 0 Å². The molecule has 0 aliphatic rings. The number of hydrogen-bond acceptors (Lipinski definition) is 5. The molecule has 1 aromatic carbocycles. The Labute approximate surface area is 116 Å². The average molecular weight is 325 g/mol. The molecule has 3 N–H and O–H groups in total. The van der Waals surface area contributed by atoms with Crippen LogP contribution in [-0.4, -0.2) is 21.0 Å². The number of hydrogen-bond donors (Lipinski definition) is 2. The lowest BCUT2D eigenvalue weighted by molar-refractivity contribution is 0.318. The topological polar surface area (TPSA) is 84.4 Å². The van der Waals surface area contributed by atoms with E-state index in [-0.39, 0.29) is 5.84 Å². The predicted molar refractivity (Wildman–Crippen MR) is 72.8 cm³/mol. The standard InChI is InChI=1S/C11H9BrN4OS/c12-7-1-2-9(8(5-7)11(13)16-17)18-10-6-14-3-4-15-10/h1-6,17H,(H2,13,16). The smallest absolute Gasteiger partial charge is 0.171 e. The first kappa shape index (κ1) is 12.8. The molecule has 0 unspecified atom stereocenters. The highest BCUT2D eigenvalue weighted by atomic mass is 79.9. The molecule has 7 heteroatoms. The molecule has 0 aliphatic heterocycles. The van der Waals surface area contributed by atoms with Gasteiger partial charge in [0.1, 0.15) is 5.03 Å². The zero-order valence-electron chi connectivity index (χ0n) is 9.12. The molecule has 1 heterocycles. The highest BCUT2D eigenvalue weighted by Crippen LogP contribution is 2.30. The van der Waals surface area contributed by atoms with Crippen molar-refractivity contribution >= 4 is 33.5 Å². The van der Waals surface area contributed by atoms with Crippen LogP contribution < -0.4 is 5.73 Å². The van der Waals surface area contributed by atoms with Crippen molar-refractivity contribution in [1.82, 2.24) is 9.97 Å². The van der Waals surface area contributed by atoms with E-state index in [4.69, 9.17) is 10.9 Å². The summed E-state index contributed by atoms with van der Waals surface area (Å²) in [7, 11) is 0. The van der Waals surface area contributed by atoms with Crippen molar-refractivity contribution in [1.29, 1.82) is 0 Å². The fraction of sp³-hybridized carbons (Fsp3) is 0. The first-order valence-electron chi connectivity index (χ1n) is 4.92. The molecule has 2 rings (SSSR count). The van der Waals surface area contributed by atoms with Gasteiger partial charge in [-0.15, -0.1) is 0 Å². The molecule has 0 aliphatic carbocycles. The van der Waals surface area contributed by atoms with E-state index in [2.05, 4.69) is 31.1 Å². The number of benzene rings is 1. The molecule has 2 aromatic rings. The minimum absolute atomic E-state index is 0.0580. The molecular weight excluding hydrogens is 316 g/mol. The van der Waals surface area contributed by atoms with Gasteiger partial charge in [0.2, 0.25) is 0 Å². The van der Waals surface area contributed by atoms with Gasteiger partial charge in [0.15, 0.2) is 5.84 Å². The summed E-state index contributed by atoms with van der Waals surface area (Å²) in [6, 6.07) is 5.54. The molecule has 0 bridgehead atoms. The van der Waals surface area contributed by atoms with Gasteiger partial charge in [-0.05, 0) is 18.2 Å². The maximum atomic E-state index is 8.78. The molecule has 0 atom stereocenters. The van der Waals surface area contributed by atoms with E-state index in [1.807, 2.05) is 12.1 Å². The lowest BCUT2D eigenvalue weighted by Gasteiger charge is -2.07. The largest absolute Gasteiger partial charge is 0.409 e. The highest BCUT2D eigenvalue weighted by molar-refractivity contribution is 9.10. The van der Waals surface area contributed by atoms with Crippen molar-refractivity contribution < 1.29 is 5.21 Å². The second-order valence-corrected chi connectivity index (χ2v) is 5.25. The van der Waals surface area contributed by atoms with E-state index in [0.717, 1.165) is 14.4 Å². The van der Waals surface area contributed by atoms with E-state index in [1.54, 1.807) is 24.7 Å². The van der Waals surface area contributed by atoms with Crippen LogP contribution in [0.5, 0.6) is 0 Å². The van der Waals surface area contributed by atoms with Gasteiger partial charge in [-0.2, -0.15) is 0 Å². The van der Waals surface area contributed by atoms with Gasteiger partial charge in [0, 0.05) is 27.3 Å². The summed E-state index contributed by atoms with van der Waals surface area (Å²) in [5, 5.41) is 12.5. The summed E-state index contributed by atoms with van der Waals surface area (Å²) >= 11 is 4.75. The Morgan fingerprint density at radius 1 is 1.39 bits per heavy atom. The summed E-state index contributed by atoms with van der Waals surface area (Å²) < 4.78 is 0.854. The number of halogens is 1. The SMILES string of the molecule is N/C(=N/O)c1cc(Br)ccc1Sc1cnccn1. The number of rotatable bonds is 3. The molecule has 0 amide bonds. The molecule has 18 heavy (non-hydrogen) atoms. The molecular formula is C11H9BrN4OS. The number of nitrogens with two attached hydrogens (primary N) is 1. The lowest BCUT2D eigenvalue weighted by atomic mass is 10.2. The molecule has 0 fully saturated rings. The zero-order chi connectivity index (χ0) is 13.0. The third-order valence-electron chi connectivity index (χ3n) is 2.08. The Morgan fingerprint density at radius 3 is 2.89 bits per heavy atom. The Balaban J connectivity index is 2.39. The molecule has 5 nitrogen and oxygen atoms in total. The van der Waals surface area contributed by atoms with Crippen LogP contribution in [0.2, 0.25) is 0 Å². The van der Waals surface area contributed by atoms with Crippen LogP contribution >= 0.6 is 27.7 Å². The van der Waals surface area contributed by atoms with Crippen molar-refractivity contribution in [3.8, 4) is 0 Å². The lowest BCUT2D eigenvalue weighted by Crippen LogP contribution is -2.14. The minimum Gasteiger partial charge on any atom is -0.409 e. The van der Waals surface area contributed by atoms with Gasteiger partial charge >= 0.3 is 0 Å². The number of oxime groups is 1. The minimum atomic E-state index is 0.0580. The van der Waals surface area contributed by atoms with Gasteiger partial charge in [-0.3, -0.25) is 4.98 Å². The van der Waals surface area contributed by atoms with E-state index in [9.17, 15) is 0 Å². The fourth-order valence-corrected chi connectivity index (χ4v) is 2.52. The highest BCUT2D eigenvalue weighted by Gasteiger charge is 2.10. The predicted octanol–water partition coefficient (Wildman–Crippen LogP) is 2.48. The Kier molecular flexibility index (Phi) is 4.16. The van der Waals surface area contributed by atoms with Crippen LogP contribution in [0, 0.1) is 0 Å². The van der Waals surface area contributed by atoms with E-state index in [1.165, 1.54) is 11.8 Å². The number of amidine groups is 1. The van der Waals surface area contributed by atoms with Crippen LogP contribution in [0.15, 0.2) is 56.3 Å². The van der Waals surface area contributed by atoms with Crippen molar-refractivity contribution in [3.05, 3.63) is 46.8 Å². The van der Waals surface area contributed by atoms with Crippen molar-refractivity contribution in [3.63, 3.8) is 0 Å². The van der Waals surface area contributed by atoms with Crippen LogP contribution in [0.1, 0.15) is 5.56 Å². The first-order valence-corrected chi connectivity index (χ1v) is 6.53. The molecule has 0 saturated carbocycles. The average Bonchev–Trinajstić information content (AvgIpc) is 2.41. The summed E-state index contributed by atoms with van der Waals surface area (Å²) in [6.07, 6.45) is 4.88. The molecule has 0 spiro atoms. The molecule has 0 saturated heterocycles. The maximum Gasteiger partial charge on any atom is 0.171 e. The Hall–Kier alpha value is -1.60. The van der Waals surface area contributed by atoms with Crippen molar-refractivity contribution in [2.45, 2.75) is 9.92 Å². The normalized spacial score (nSPS) is 11.5. The van der Waals surface area contributed by atoms with E-state index >= 15 is 0 Å². The maximum absolute atomic E-state index is 8.78. The Morgan fingerprint density at radius 2 is 2.22 bits per heavy atom. The van der Waals surface area contributed by atoms with Gasteiger partial charge in [-0.25, -0.2) is 4.98 Å². The number of nitrogens with zero attached hydrogens (tertiary/aromatic N) is 3. The van der Waals surface area contributed by atoms with Gasteiger partial charge < -0.3 is 10.9 Å². The van der Waals surface area contributed by atoms with E-state index in [0.29, 0.717) is 5.56 Å². The van der Waals surface area contributed by atoms with Gasteiger partial charge in [0.05, 0.1) is 6.20 Å². The van der Waals surface area contributed by atoms with Crippen LogP contribution in [-0.2, 0) is 0 Å². The van der Waals surface area contributed by atoms with Crippen molar-refractivity contribution in [2.75, 3.05) is 0 Å². The molecule has 1 aromatic heterocycles. The third kappa shape index (κ3) is 2.99. The number of aromatic nitrogens is 2. The van der Waals surface area contributed by atoms with Crippen LogP contribution in [0.3, 0.4) is 0 Å². The van der Waals surface area contributed by atoms with Gasteiger partial charge in [-0.1, -0.05) is 32.8 Å². The Bertz CT molecular complexity index is 577. The summed E-state index contributed by atoms with van der Waals surface area (Å²) in [5.41, 5.74) is 6.29. The van der Waals surface area contributed by atoms with Crippen molar-refractivity contribution in [2.24, 2.45) is 10.9 Å². The second kappa shape index (κ2) is 5.83. The second-order valence-electron chi connectivity index (χ2n) is 3.27. The zero-order valence-corrected chi connectivity index (χ0v) is 11.5. The molecule has 0 radical (unpaired) electrons. The quantitative estimate of drug-likeness (QED) is 0.392. The summed E-state index contributed by atoms with van der Waals surface area (Å²) in [6.45, 7) is 0. The van der Waals surface area contributed by atoms with Crippen LogP contribution in [0.25, 0.3) is 0 Å². The monoisotopic (exact) mass is 324 g/mol.